The molecule has 0 saturated heterocycles. The van der Waals surface area contributed by atoms with Crippen molar-refractivity contribution in [2.45, 2.75) is 39.7 Å². The van der Waals surface area contributed by atoms with Crippen molar-refractivity contribution in [2.75, 3.05) is 13.1 Å². The molecule has 0 aromatic heterocycles. The molecule has 0 bridgehead atoms. The van der Waals surface area contributed by atoms with E-state index in [-0.39, 0.29) is 18.5 Å². The second-order valence-corrected chi connectivity index (χ2v) is 9.16. The lowest BCUT2D eigenvalue weighted by Crippen LogP contribution is -2.34. The summed E-state index contributed by atoms with van der Waals surface area (Å²) in [6, 6.07) is 22.8. The van der Waals surface area contributed by atoms with E-state index in [1.54, 1.807) is 6.07 Å². The van der Waals surface area contributed by atoms with Crippen LogP contribution in [0, 0.1) is 0 Å². The number of ether oxygens (including phenoxy) is 1. The summed E-state index contributed by atoms with van der Waals surface area (Å²) in [6.07, 6.45) is 4.03. The number of amides is 1. The zero-order chi connectivity index (χ0) is 26.2. The molecule has 3 aromatic carbocycles. The molecule has 1 amide bonds. The molecule has 0 aliphatic carbocycles. The van der Waals surface area contributed by atoms with Gasteiger partial charge in [0.1, 0.15) is 12.4 Å². The van der Waals surface area contributed by atoms with E-state index < -0.39 is 0 Å². The summed E-state index contributed by atoms with van der Waals surface area (Å²) in [7, 11) is 0. The molecule has 190 valence electrons. The summed E-state index contributed by atoms with van der Waals surface area (Å²) in [5, 5.41) is 0. The third kappa shape index (κ3) is 6.53. The van der Waals surface area contributed by atoms with Crippen LogP contribution in [0.3, 0.4) is 0 Å². The number of fused-ring (bicyclic) bond motifs is 1. The fourth-order valence-corrected chi connectivity index (χ4v) is 4.40. The van der Waals surface area contributed by atoms with E-state index in [9.17, 15) is 9.59 Å². The Hall–Kier alpha value is -4.19. The number of carbonyl (C=O) groups is 2. The number of carbonyl (C=O) groups excluding carboxylic acids is 2. The Morgan fingerprint density at radius 3 is 2.38 bits per heavy atom. The van der Waals surface area contributed by atoms with E-state index in [1.807, 2.05) is 77.7 Å². The first-order chi connectivity index (χ1) is 18.0. The fraction of sp³-hybridized carbons (Fsp3) is 0.258. The minimum atomic E-state index is -0.377. The second kappa shape index (κ2) is 12.2. The van der Waals surface area contributed by atoms with E-state index >= 15 is 0 Å². The molecule has 2 N–H and O–H groups in total. The van der Waals surface area contributed by atoms with E-state index in [0.29, 0.717) is 29.1 Å². The van der Waals surface area contributed by atoms with Crippen molar-refractivity contribution in [1.82, 2.24) is 4.90 Å². The van der Waals surface area contributed by atoms with Gasteiger partial charge in [0.25, 0.3) is 0 Å². The number of rotatable bonds is 9. The predicted octanol–water partition coefficient (Wildman–Crippen LogP) is 6.14. The average Bonchev–Trinajstić information content (AvgIpc) is 3.09. The first kappa shape index (κ1) is 25.9. The Morgan fingerprint density at radius 2 is 1.65 bits per heavy atom. The van der Waals surface area contributed by atoms with Gasteiger partial charge in [0, 0.05) is 30.6 Å². The number of aliphatic imine (C=N–C) groups is 1. The van der Waals surface area contributed by atoms with E-state index in [2.05, 4.69) is 18.8 Å². The maximum Gasteiger partial charge on any atom is 0.338 e. The largest absolute Gasteiger partial charge is 0.457 e. The summed E-state index contributed by atoms with van der Waals surface area (Å²) in [5.41, 5.74) is 11.6. The molecule has 6 heteroatoms. The van der Waals surface area contributed by atoms with Gasteiger partial charge < -0.3 is 15.4 Å². The van der Waals surface area contributed by atoms with Crippen molar-refractivity contribution in [2.24, 2.45) is 10.7 Å². The Bertz CT molecular complexity index is 1320. The third-order valence-corrected chi connectivity index (χ3v) is 6.19. The van der Waals surface area contributed by atoms with Crippen LogP contribution >= 0.6 is 0 Å². The van der Waals surface area contributed by atoms with Crippen LogP contribution < -0.4 is 5.73 Å². The predicted molar refractivity (Wildman–Crippen MR) is 148 cm³/mol. The molecule has 0 fully saturated rings. The highest BCUT2D eigenvalue weighted by atomic mass is 16.5. The normalized spacial score (nSPS) is 12.6. The number of nitrogens with zero attached hydrogens (tertiary/aromatic N) is 2. The van der Waals surface area contributed by atoms with E-state index in [0.717, 1.165) is 48.2 Å². The standard InChI is InChI=1S/C31H33N3O3/c1-3-15-34(16-4-2)30(35)27-18-25-14-13-24(19-28(25)33-29(32)20-27)23-11-8-12-26(17-23)31(36)37-21-22-9-6-5-7-10-22/h5-14,17-19H,3-4,15-16,20-21H2,1-2H3,(H2,32,33). The number of hydrogen-bond acceptors (Lipinski definition) is 5. The second-order valence-electron chi connectivity index (χ2n) is 9.16. The molecule has 4 rings (SSSR count). The molecule has 1 aliphatic rings. The Labute approximate surface area is 218 Å². The summed E-state index contributed by atoms with van der Waals surface area (Å²) in [6.45, 7) is 5.80. The third-order valence-electron chi connectivity index (χ3n) is 6.19. The maximum absolute atomic E-state index is 13.2. The van der Waals surface area contributed by atoms with Crippen molar-refractivity contribution >= 4 is 29.5 Å². The molecular weight excluding hydrogens is 462 g/mol. The Morgan fingerprint density at radius 1 is 0.919 bits per heavy atom. The first-order valence-electron chi connectivity index (χ1n) is 12.8. The van der Waals surface area contributed by atoms with Crippen LogP contribution in [0.1, 0.15) is 54.6 Å². The van der Waals surface area contributed by atoms with Crippen LogP contribution in [0.5, 0.6) is 0 Å². The van der Waals surface area contributed by atoms with E-state index in [1.165, 1.54) is 0 Å². The lowest BCUT2D eigenvalue weighted by molar-refractivity contribution is -0.127. The van der Waals surface area contributed by atoms with Crippen molar-refractivity contribution in [3.8, 4) is 11.1 Å². The molecule has 1 aliphatic heterocycles. The quantitative estimate of drug-likeness (QED) is 0.362. The van der Waals surface area contributed by atoms with Gasteiger partial charge in [-0.2, -0.15) is 0 Å². The number of esters is 1. The van der Waals surface area contributed by atoms with E-state index in [4.69, 9.17) is 10.5 Å². The van der Waals surface area contributed by atoms with Crippen LogP contribution in [0.4, 0.5) is 5.69 Å². The van der Waals surface area contributed by atoms with Gasteiger partial charge in [0.15, 0.2) is 0 Å². The number of hydrogen-bond donors (Lipinski definition) is 1. The number of amidine groups is 1. The SMILES string of the molecule is CCCN(CCC)C(=O)C1=Cc2ccc(-c3cccc(C(=O)OCc4ccccc4)c3)cc2N=C(N)C1. The van der Waals surface area contributed by atoms with Gasteiger partial charge in [-0.3, -0.25) is 4.79 Å². The summed E-state index contributed by atoms with van der Waals surface area (Å²) in [5.74, 6) is 0.0414. The van der Waals surface area contributed by atoms with Gasteiger partial charge in [0.05, 0.1) is 11.3 Å². The van der Waals surface area contributed by atoms with Gasteiger partial charge >= 0.3 is 5.97 Å². The molecule has 0 atom stereocenters. The van der Waals surface area contributed by atoms with Gasteiger partial charge in [-0.1, -0.05) is 68.4 Å². The Balaban J connectivity index is 1.57. The molecule has 6 nitrogen and oxygen atoms in total. The highest BCUT2D eigenvalue weighted by molar-refractivity contribution is 6.05. The van der Waals surface area contributed by atoms with Crippen LogP contribution in [-0.2, 0) is 16.1 Å². The monoisotopic (exact) mass is 495 g/mol. The smallest absolute Gasteiger partial charge is 0.338 e. The zero-order valence-corrected chi connectivity index (χ0v) is 21.4. The number of nitrogens with two attached hydrogens (primary N) is 1. The van der Waals surface area contributed by atoms with Crippen LogP contribution in [-0.4, -0.2) is 35.7 Å². The molecule has 0 saturated carbocycles. The van der Waals surface area contributed by atoms with Crippen molar-refractivity contribution in [3.05, 3.63) is 95.1 Å². The molecule has 0 spiro atoms. The van der Waals surface area contributed by atoms with Crippen molar-refractivity contribution in [3.63, 3.8) is 0 Å². The lowest BCUT2D eigenvalue weighted by atomic mass is 9.99. The molecular formula is C31H33N3O3. The van der Waals surface area contributed by atoms with Gasteiger partial charge in [-0.25, -0.2) is 9.79 Å². The molecule has 1 heterocycles. The molecule has 0 unspecified atom stereocenters. The molecule has 37 heavy (non-hydrogen) atoms. The van der Waals surface area contributed by atoms with Crippen molar-refractivity contribution in [1.29, 1.82) is 0 Å². The number of benzene rings is 3. The van der Waals surface area contributed by atoms with Crippen LogP contribution in [0.25, 0.3) is 17.2 Å². The first-order valence-corrected chi connectivity index (χ1v) is 12.8. The highest BCUT2D eigenvalue weighted by Gasteiger charge is 2.21. The fourth-order valence-electron chi connectivity index (χ4n) is 4.40. The highest BCUT2D eigenvalue weighted by Crippen LogP contribution is 2.32. The lowest BCUT2D eigenvalue weighted by Gasteiger charge is -2.22. The summed E-state index contributed by atoms with van der Waals surface area (Å²) in [4.78, 5) is 32.4. The molecule has 3 aromatic rings. The summed E-state index contributed by atoms with van der Waals surface area (Å²) < 4.78 is 5.49. The van der Waals surface area contributed by atoms with Gasteiger partial charge in [-0.05, 0) is 53.8 Å². The van der Waals surface area contributed by atoms with Gasteiger partial charge in [-0.15, -0.1) is 0 Å². The van der Waals surface area contributed by atoms with Crippen LogP contribution in [0.15, 0.2) is 83.4 Å². The van der Waals surface area contributed by atoms with Crippen molar-refractivity contribution < 1.29 is 14.3 Å². The summed E-state index contributed by atoms with van der Waals surface area (Å²) >= 11 is 0. The Kier molecular flexibility index (Phi) is 8.52. The topological polar surface area (TPSA) is 85.0 Å². The van der Waals surface area contributed by atoms with Crippen LogP contribution in [0.2, 0.25) is 0 Å². The minimum Gasteiger partial charge on any atom is -0.457 e. The van der Waals surface area contributed by atoms with Gasteiger partial charge in [0.2, 0.25) is 5.91 Å². The maximum atomic E-state index is 13.2. The minimum absolute atomic E-state index is 0.0143. The zero-order valence-electron chi connectivity index (χ0n) is 21.4. The molecule has 0 radical (unpaired) electrons. The average molecular weight is 496 g/mol.